The number of nitriles is 1. The highest BCUT2D eigenvalue weighted by Gasteiger charge is 2.24. The maximum atomic E-state index is 11.4. The number of carbonyl (C=O) groups is 1. The van der Waals surface area contributed by atoms with Gasteiger partial charge in [-0.25, -0.2) is 0 Å². The monoisotopic (exact) mass is 357 g/mol. The summed E-state index contributed by atoms with van der Waals surface area (Å²) in [5.74, 6) is -0.768. The maximum absolute atomic E-state index is 11.4. The molecule has 9 heteroatoms. The lowest BCUT2D eigenvalue weighted by molar-refractivity contribution is -0.386. The number of nitrogens with zero attached hydrogens (tertiary/aromatic N) is 2. The van der Waals surface area contributed by atoms with E-state index in [2.05, 4.69) is 21.2 Å². The van der Waals surface area contributed by atoms with Gasteiger partial charge in [-0.2, -0.15) is 5.26 Å². The van der Waals surface area contributed by atoms with E-state index in [4.69, 9.17) is 10.00 Å². The second-order valence-electron chi connectivity index (χ2n) is 4.00. The smallest absolute Gasteiger partial charge is 0.312 e. The fourth-order valence-corrected chi connectivity index (χ4v) is 1.99. The molecule has 0 bridgehead atoms. The quantitative estimate of drug-likeness (QED) is 0.450. The third-order valence-electron chi connectivity index (χ3n) is 2.42. The molecule has 0 aliphatic rings. The van der Waals surface area contributed by atoms with Crippen molar-refractivity contribution in [3.05, 3.63) is 32.3 Å². The zero-order chi connectivity index (χ0) is 16.0. The minimum Gasteiger partial charge on any atom is -0.476 e. The number of aliphatic hydroxyl groups is 1. The lowest BCUT2D eigenvalue weighted by Crippen LogP contribution is -2.29. The lowest BCUT2D eigenvalue weighted by atomic mass is 10.1. The second-order valence-corrected chi connectivity index (χ2v) is 4.92. The van der Waals surface area contributed by atoms with E-state index in [1.165, 1.54) is 19.1 Å². The van der Waals surface area contributed by atoms with Crippen LogP contribution in [0.1, 0.15) is 18.6 Å². The van der Waals surface area contributed by atoms with Crippen LogP contribution in [0.15, 0.2) is 16.6 Å². The van der Waals surface area contributed by atoms with Crippen molar-refractivity contribution in [3.63, 3.8) is 0 Å². The number of nitro benzene ring substituents is 1. The van der Waals surface area contributed by atoms with Gasteiger partial charge in [-0.15, -0.1) is 0 Å². The van der Waals surface area contributed by atoms with Crippen molar-refractivity contribution < 1.29 is 19.6 Å². The van der Waals surface area contributed by atoms with Gasteiger partial charge in [0.2, 0.25) is 5.75 Å². The van der Waals surface area contributed by atoms with E-state index in [9.17, 15) is 20.0 Å². The molecular weight excluding hydrogens is 346 g/mol. The minimum absolute atomic E-state index is 0.176. The van der Waals surface area contributed by atoms with E-state index in [0.29, 0.717) is 4.47 Å². The first-order valence-corrected chi connectivity index (χ1v) is 6.58. The zero-order valence-corrected chi connectivity index (χ0v) is 12.6. The molecule has 0 heterocycles. The Morgan fingerprint density at radius 1 is 1.67 bits per heavy atom. The molecule has 1 aromatic rings. The maximum Gasteiger partial charge on any atom is 0.312 e. The van der Waals surface area contributed by atoms with Gasteiger partial charge in [-0.1, -0.05) is 15.9 Å². The van der Waals surface area contributed by atoms with Gasteiger partial charge >= 0.3 is 5.69 Å². The molecule has 2 N–H and O–H groups in total. The number of aliphatic hydroxyl groups excluding tert-OH is 1. The van der Waals surface area contributed by atoms with Gasteiger partial charge in [-0.3, -0.25) is 14.9 Å². The molecule has 0 saturated heterocycles. The molecule has 8 nitrogen and oxygen atoms in total. The van der Waals surface area contributed by atoms with Crippen LogP contribution in [0.3, 0.4) is 0 Å². The summed E-state index contributed by atoms with van der Waals surface area (Å²) in [5, 5.41) is 31.3. The van der Waals surface area contributed by atoms with Crippen LogP contribution in [0.2, 0.25) is 0 Å². The third kappa shape index (κ3) is 4.70. The van der Waals surface area contributed by atoms with Gasteiger partial charge in [0.1, 0.15) is 6.54 Å². The number of rotatable bonds is 6. The van der Waals surface area contributed by atoms with Crippen molar-refractivity contribution in [1.82, 2.24) is 5.32 Å². The predicted molar refractivity (Wildman–Crippen MR) is 75.5 cm³/mol. The number of benzene rings is 1. The van der Waals surface area contributed by atoms with Crippen molar-refractivity contribution in [2.24, 2.45) is 0 Å². The van der Waals surface area contributed by atoms with Gasteiger partial charge in [-0.05, 0) is 13.0 Å². The molecule has 1 atom stereocenters. The van der Waals surface area contributed by atoms with Crippen LogP contribution in [0.25, 0.3) is 0 Å². The number of amides is 1. The van der Waals surface area contributed by atoms with Gasteiger partial charge in [0, 0.05) is 16.1 Å². The fourth-order valence-electron chi connectivity index (χ4n) is 1.53. The Morgan fingerprint density at radius 3 is 2.86 bits per heavy atom. The average molecular weight is 358 g/mol. The molecule has 0 fully saturated rings. The van der Waals surface area contributed by atoms with Crippen LogP contribution in [-0.2, 0) is 4.79 Å². The van der Waals surface area contributed by atoms with Crippen LogP contribution in [0.4, 0.5) is 5.69 Å². The van der Waals surface area contributed by atoms with E-state index in [-0.39, 0.29) is 23.5 Å². The van der Waals surface area contributed by atoms with Crippen LogP contribution < -0.4 is 10.1 Å². The van der Waals surface area contributed by atoms with Crippen molar-refractivity contribution in [2.75, 3.05) is 13.2 Å². The normalized spacial score (nSPS) is 11.3. The molecule has 1 aromatic carbocycles. The highest BCUT2D eigenvalue weighted by Crippen LogP contribution is 2.37. The average Bonchev–Trinajstić information content (AvgIpc) is 2.42. The molecule has 21 heavy (non-hydrogen) atoms. The molecule has 0 saturated carbocycles. The predicted octanol–water partition coefficient (Wildman–Crippen LogP) is 1.43. The number of ether oxygens (including phenoxy) is 1. The summed E-state index contributed by atoms with van der Waals surface area (Å²) >= 11 is 3.11. The van der Waals surface area contributed by atoms with Gasteiger partial charge in [0.05, 0.1) is 17.1 Å². The molecule has 0 aliphatic heterocycles. The molecule has 112 valence electrons. The summed E-state index contributed by atoms with van der Waals surface area (Å²) in [6.45, 7) is 0.742. The van der Waals surface area contributed by atoms with Crippen LogP contribution >= 0.6 is 15.9 Å². The Morgan fingerprint density at radius 2 is 2.33 bits per heavy atom. The molecule has 1 amide bonds. The number of carbonyl (C=O) groups excluding carboxylic acids is 1. The van der Waals surface area contributed by atoms with Crippen LogP contribution in [0, 0.1) is 21.4 Å². The van der Waals surface area contributed by atoms with E-state index in [1.54, 1.807) is 6.07 Å². The van der Waals surface area contributed by atoms with E-state index in [0.717, 1.165) is 0 Å². The Labute approximate surface area is 128 Å². The minimum atomic E-state index is -1.02. The number of nitro groups is 1. The number of nitrogens with one attached hydrogen (secondary N) is 1. The van der Waals surface area contributed by atoms with E-state index >= 15 is 0 Å². The standard InChI is InChI=1S/C12H12BrN3O5/c1-7(17)9-4-8(13)5-10(16(19)20)12(9)21-6-11(18)15-3-2-14/h4-5,7,17H,3,6H2,1H3,(H,15,18)/t7-/m1/s1. The largest absolute Gasteiger partial charge is 0.476 e. The molecule has 0 aromatic heterocycles. The SMILES string of the molecule is C[C@@H](O)c1cc(Br)cc([N+](=O)[O-])c1OCC(=O)NCC#N. The Balaban J connectivity index is 3.06. The van der Waals surface area contributed by atoms with Crippen molar-refractivity contribution in [1.29, 1.82) is 5.26 Å². The van der Waals surface area contributed by atoms with Gasteiger partial charge in [0.25, 0.3) is 5.91 Å². The summed E-state index contributed by atoms with van der Waals surface area (Å²) in [4.78, 5) is 21.8. The number of hydrogen-bond acceptors (Lipinski definition) is 6. The first-order chi connectivity index (χ1) is 9.86. The summed E-state index contributed by atoms with van der Waals surface area (Å²) < 4.78 is 5.57. The Bertz CT molecular complexity index is 597. The molecule has 0 unspecified atom stereocenters. The summed E-state index contributed by atoms with van der Waals surface area (Å²) in [6, 6.07) is 4.41. The Kier molecular flexibility index (Phi) is 6.08. The molecular formula is C12H12BrN3O5. The Hall–Kier alpha value is -2.18. The summed E-state index contributed by atoms with van der Waals surface area (Å²) in [5.41, 5.74) is -0.183. The first kappa shape index (κ1) is 16.9. The fraction of sp³-hybridized carbons (Fsp3) is 0.333. The molecule has 0 spiro atoms. The molecule has 0 aliphatic carbocycles. The van der Waals surface area contributed by atoms with Crippen LogP contribution in [-0.4, -0.2) is 29.1 Å². The van der Waals surface area contributed by atoms with Crippen LogP contribution in [0.5, 0.6) is 5.75 Å². The summed E-state index contributed by atoms with van der Waals surface area (Å²) in [6.07, 6.45) is -1.02. The lowest BCUT2D eigenvalue weighted by Gasteiger charge is -2.14. The first-order valence-electron chi connectivity index (χ1n) is 5.79. The highest BCUT2D eigenvalue weighted by atomic mass is 79.9. The second kappa shape index (κ2) is 7.56. The number of halogens is 1. The van der Waals surface area contributed by atoms with Gasteiger partial charge < -0.3 is 15.2 Å². The zero-order valence-electron chi connectivity index (χ0n) is 11.0. The molecule has 0 radical (unpaired) electrons. The highest BCUT2D eigenvalue weighted by molar-refractivity contribution is 9.10. The summed E-state index contributed by atoms with van der Waals surface area (Å²) in [7, 11) is 0. The topological polar surface area (TPSA) is 125 Å². The molecule has 1 rings (SSSR count). The van der Waals surface area contributed by atoms with E-state index in [1.807, 2.05) is 0 Å². The van der Waals surface area contributed by atoms with Crippen molar-refractivity contribution >= 4 is 27.5 Å². The van der Waals surface area contributed by atoms with Crippen molar-refractivity contribution in [3.8, 4) is 11.8 Å². The van der Waals surface area contributed by atoms with Crippen molar-refractivity contribution in [2.45, 2.75) is 13.0 Å². The van der Waals surface area contributed by atoms with Gasteiger partial charge in [0.15, 0.2) is 6.61 Å². The number of hydrogen-bond donors (Lipinski definition) is 2. The van der Waals surface area contributed by atoms with E-state index < -0.39 is 23.5 Å². The third-order valence-corrected chi connectivity index (χ3v) is 2.88.